The van der Waals surface area contributed by atoms with Gasteiger partial charge in [0.1, 0.15) is 0 Å². The van der Waals surface area contributed by atoms with Crippen LogP contribution in [-0.4, -0.2) is 4.99 Å². The minimum Gasteiger partial charge on any atom is -0.462 e. The van der Waals surface area contributed by atoms with E-state index in [1.165, 1.54) is 0 Å². The fraction of sp³-hybridized carbons (Fsp3) is 0. The van der Waals surface area contributed by atoms with Gasteiger partial charge in [0.05, 0.1) is 6.26 Å². The molecule has 0 spiro atoms. The molecule has 0 aliphatic heterocycles. The van der Waals surface area contributed by atoms with Gasteiger partial charge < -0.3 is 9.84 Å². The maximum Gasteiger partial charge on any atom is 0.162 e. The first-order chi connectivity index (χ1) is 4.34. The summed E-state index contributed by atoms with van der Waals surface area (Å²) in [5, 5.41) is 0. The van der Waals surface area contributed by atoms with Crippen molar-refractivity contribution in [1.82, 2.24) is 5.43 Å². The van der Waals surface area contributed by atoms with Gasteiger partial charge in [0.2, 0.25) is 0 Å². The smallest absolute Gasteiger partial charge is 0.162 e. The fourth-order valence-electron chi connectivity index (χ4n) is 0.479. The van der Waals surface area contributed by atoms with E-state index >= 15 is 0 Å². The summed E-state index contributed by atoms with van der Waals surface area (Å²) in [6.07, 6.45) is 1.54. The monoisotopic (exact) mass is 142 g/mol. The molecule has 0 radical (unpaired) electrons. The molecule has 9 heavy (non-hydrogen) atoms. The molecule has 0 aromatic carbocycles. The standard InChI is InChI=1S/C5H6N2OS/c6-7-5(9)4-2-1-3-8-4/h1-3H,6H2,(H,7,9). The Kier molecular flexibility index (Phi) is 1.81. The molecule has 1 rings (SSSR count). The molecule has 4 heteroatoms. The van der Waals surface area contributed by atoms with Crippen LogP contribution in [0, 0.1) is 0 Å². The number of nitrogens with one attached hydrogen (secondary N) is 1. The highest BCUT2D eigenvalue weighted by Crippen LogP contribution is 1.98. The minimum atomic E-state index is 0.417. The Hall–Kier alpha value is -0.870. The second-order valence-corrected chi connectivity index (χ2v) is 1.86. The molecule has 3 N–H and O–H groups in total. The highest BCUT2D eigenvalue weighted by molar-refractivity contribution is 7.80. The van der Waals surface area contributed by atoms with Crippen LogP contribution in [0.3, 0.4) is 0 Å². The molecule has 0 saturated heterocycles. The van der Waals surface area contributed by atoms with Crippen LogP contribution in [0.1, 0.15) is 5.76 Å². The minimum absolute atomic E-state index is 0.417. The summed E-state index contributed by atoms with van der Waals surface area (Å²) in [6.45, 7) is 0. The largest absolute Gasteiger partial charge is 0.462 e. The van der Waals surface area contributed by atoms with E-state index in [0.717, 1.165) is 0 Å². The Morgan fingerprint density at radius 2 is 2.56 bits per heavy atom. The van der Waals surface area contributed by atoms with Crippen molar-refractivity contribution in [3.8, 4) is 0 Å². The highest BCUT2D eigenvalue weighted by Gasteiger charge is 1.98. The Labute approximate surface area is 57.8 Å². The van der Waals surface area contributed by atoms with Crippen molar-refractivity contribution in [2.45, 2.75) is 0 Å². The number of furan rings is 1. The van der Waals surface area contributed by atoms with Crippen LogP contribution >= 0.6 is 12.2 Å². The van der Waals surface area contributed by atoms with E-state index in [9.17, 15) is 0 Å². The molecular weight excluding hydrogens is 136 g/mol. The molecule has 0 atom stereocenters. The van der Waals surface area contributed by atoms with Crippen molar-refractivity contribution in [2.24, 2.45) is 5.84 Å². The first-order valence-electron chi connectivity index (χ1n) is 2.39. The van der Waals surface area contributed by atoms with Crippen LogP contribution < -0.4 is 11.3 Å². The molecule has 0 aliphatic rings. The molecule has 0 amide bonds. The lowest BCUT2D eigenvalue weighted by atomic mass is 10.5. The van der Waals surface area contributed by atoms with Gasteiger partial charge in [-0.05, 0) is 12.1 Å². The average Bonchev–Trinajstić information content (AvgIpc) is 2.37. The predicted octanol–water partition coefficient (Wildman–Crippen LogP) is 0.418. The Balaban J connectivity index is 2.77. The summed E-state index contributed by atoms with van der Waals surface area (Å²) in [7, 11) is 0. The third kappa shape index (κ3) is 1.28. The Morgan fingerprint density at radius 1 is 1.78 bits per heavy atom. The van der Waals surface area contributed by atoms with E-state index in [4.69, 9.17) is 22.5 Å². The third-order valence-electron chi connectivity index (χ3n) is 0.876. The lowest BCUT2D eigenvalue weighted by molar-refractivity contribution is 0.556. The first kappa shape index (κ1) is 6.25. The summed E-state index contributed by atoms with van der Waals surface area (Å²) in [4.78, 5) is 0.417. The van der Waals surface area contributed by atoms with Crippen LogP contribution in [0.2, 0.25) is 0 Å². The zero-order chi connectivity index (χ0) is 6.69. The molecule has 1 heterocycles. The summed E-state index contributed by atoms with van der Waals surface area (Å²) in [5.74, 6) is 5.60. The quantitative estimate of drug-likeness (QED) is 0.339. The second-order valence-electron chi connectivity index (χ2n) is 1.45. The van der Waals surface area contributed by atoms with Crippen molar-refractivity contribution in [2.75, 3.05) is 0 Å². The lowest BCUT2D eigenvalue weighted by Crippen LogP contribution is -2.28. The number of hydrazine groups is 1. The number of hydrogen-bond donors (Lipinski definition) is 2. The van der Waals surface area contributed by atoms with Gasteiger partial charge in [0.25, 0.3) is 0 Å². The predicted molar refractivity (Wildman–Crippen MR) is 37.7 cm³/mol. The van der Waals surface area contributed by atoms with Crippen molar-refractivity contribution < 1.29 is 4.42 Å². The van der Waals surface area contributed by atoms with Gasteiger partial charge in [-0.1, -0.05) is 12.2 Å². The topological polar surface area (TPSA) is 51.2 Å². The molecule has 48 valence electrons. The van der Waals surface area contributed by atoms with Gasteiger partial charge in [-0.2, -0.15) is 0 Å². The summed E-state index contributed by atoms with van der Waals surface area (Å²) < 4.78 is 4.90. The van der Waals surface area contributed by atoms with Crippen molar-refractivity contribution in [1.29, 1.82) is 0 Å². The molecule has 1 aromatic heterocycles. The Bertz CT molecular complexity index is 195. The molecule has 0 unspecified atom stereocenters. The Morgan fingerprint density at radius 3 is 3.00 bits per heavy atom. The van der Waals surface area contributed by atoms with Gasteiger partial charge >= 0.3 is 0 Å². The molecule has 0 bridgehead atoms. The molecule has 0 aliphatic carbocycles. The van der Waals surface area contributed by atoms with Crippen LogP contribution in [0.25, 0.3) is 0 Å². The van der Waals surface area contributed by atoms with Gasteiger partial charge in [0, 0.05) is 0 Å². The summed E-state index contributed by atoms with van der Waals surface area (Å²) >= 11 is 4.75. The lowest BCUT2D eigenvalue weighted by Gasteiger charge is -1.94. The SMILES string of the molecule is NNC(=S)c1ccco1. The zero-order valence-corrected chi connectivity index (χ0v) is 5.44. The third-order valence-corrected chi connectivity index (χ3v) is 1.20. The van der Waals surface area contributed by atoms with Crippen LogP contribution in [0.4, 0.5) is 0 Å². The fourth-order valence-corrected chi connectivity index (χ4v) is 0.595. The first-order valence-corrected chi connectivity index (χ1v) is 2.80. The van der Waals surface area contributed by atoms with E-state index < -0.39 is 0 Å². The summed E-state index contributed by atoms with van der Waals surface area (Å²) in [5.41, 5.74) is 2.31. The highest BCUT2D eigenvalue weighted by atomic mass is 32.1. The molecule has 3 nitrogen and oxygen atoms in total. The maximum absolute atomic E-state index is 5.01. The van der Waals surface area contributed by atoms with Crippen LogP contribution in [0.5, 0.6) is 0 Å². The van der Waals surface area contributed by atoms with E-state index in [1.807, 2.05) is 0 Å². The second kappa shape index (κ2) is 2.61. The number of hydrogen-bond acceptors (Lipinski definition) is 3. The van der Waals surface area contributed by atoms with E-state index in [2.05, 4.69) is 5.43 Å². The zero-order valence-electron chi connectivity index (χ0n) is 4.63. The van der Waals surface area contributed by atoms with Crippen molar-refractivity contribution in [3.63, 3.8) is 0 Å². The number of rotatable bonds is 1. The van der Waals surface area contributed by atoms with Crippen molar-refractivity contribution >= 4 is 17.2 Å². The van der Waals surface area contributed by atoms with Crippen LogP contribution in [0.15, 0.2) is 22.8 Å². The molecule has 0 fully saturated rings. The average molecular weight is 142 g/mol. The van der Waals surface area contributed by atoms with Crippen molar-refractivity contribution in [3.05, 3.63) is 24.2 Å². The molecule has 0 saturated carbocycles. The normalized spacial score (nSPS) is 9.00. The van der Waals surface area contributed by atoms with Gasteiger partial charge in [-0.15, -0.1) is 0 Å². The summed E-state index contributed by atoms with van der Waals surface area (Å²) in [6, 6.07) is 3.49. The van der Waals surface area contributed by atoms with Crippen LogP contribution in [-0.2, 0) is 0 Å². The van der Waals surface area contributed by atoms with Gasteiger partial charge in [-0.25, -0.2) is 5.84 Å². The van der Waals surface area contributed by atoms with Gasteiger partial charge in [-0.3, -0.25) is 0 Å². The number of thiocarbonyl (C=S) groups is 1. The van der Waals surface area contributed by atoms with E-state index in [1.54, 1.807) is 18.4 Å². The van der Waals surface area contributed by atoms with E-state index in [0.29, 0.717) is 10.7 Å². The van der Waals surface area contributed by atoms with Gasteiger partial charge in [0.15, 0.2) is 10.7 Å². The molecular formula is C5H6N2OS. The maximum atomic E-state index is 5.01. The molecule has 1 aromatic rings. The number of nitrogens with two attached hydrogens (primary N) is 1. The van der Waals surface area contributed by atoms with E-state index in [-0.39, 0.29) is 0 Å².